The number of hydrogen-bond donors (Lipinski definition) is 0. The molecule has 0 aliphatic rings. The summed E-state index contributed by atoms with van der Waals surface area (Å²) in [4.78, 5) is 24.4. The smallest absolute Gasteiger partial charge is 0.299 e. The number of hydrogen-bond acceptors (Lipinski definition) is 2. The molecule has 2 rings (SSSR count). The Hall–Kier alpha value is -1.37. The Morgan fingerprint density at radius 1 is 1.10 bits per heavy atom. The van der Waals surface area contributed by atoms with Crippen LogP contribution >= 0.6 is 22.6 Å². The summed E-state index contributed by atoms with van der Waals surface area (Å²) in [7, 11) is 0. The van der Waals surface area contributed by atoms with Gasteiger partial charge in [-0.15, -0.1) is 0 Å². The van der Waals surface area contributed by atoms with Gasteiger partial charge in [0.15, 0.2) is 0 Å². The van der Waals surface area contributed by atoms with Gasteiger partial charge in [-0.3, -0.25) is 13.9 Å². The Morgan fingerprint density at radius 2 is 1.81 bits per heavy atom. The summed E-state index contributed by atoms with van der Waals surface area (Å²) in [6, 6.07) is 10.1. The van der Waals surface area contributed by atoms with Crippen molar-refractivity contribution in [3.05, 3.63) is 66.5 Å². The zero-order chi connectivity index (χ0) is 15.2. The minimum Gasteiger partial charge on any atom is -0.299 e. The molecule has 0 saturated carbocycles. The lowest BCUT2D eigenvalue weighted by Gasteiger charge is -2.10. The number of nitrogens with zero attached hydrogens (tertiary/aromatic N) is 2. The van der Waals surface area contributed by atoms with Gasteiger partial charge in [0.1, 0.15) is 0 Å². The maximum Gasteiger partial charge on any atom is 0.331 e. The highest BCUT2D eigenvalue weighted by Gasteiger charge is 2.09. The zero-order valence-corrected chi connectivity index (χ0v) is 14.2. The van der Waals surface area contributed by atoms with Crippen LogP contribution in [0.2, 0.25) is 0 Å². The molecule has 0 bridgehead atoms. The Kier molecular flexibility index (Phi) is 5.78. The van der Waals surface area contributed by atoms with E-state index in [-0.39, 0.29) is 11.2 Å². The van der Waals surface area contributed by atoms with Gasteiger partial charge in [0.2, 0.25) is 0 Å². The number of aryl methyl sites for hydroxylation is 2. The van der Waals surface area contributed by atoms with E-state index in [0.717, 1.165) is 19.3 Å². The number of halogens is 1. The summed E-state index contributed by atoms with van der Waals surface area (Å²) >= 11 is 2.00. The van der Waals surface area contributed by atoms with Gasteiger partial charge in [-0.25, -0.2) is 4.79 Å². The molecule has 0 atom stereocenters. The van der Waals surface area contributed by atoms with Crippen LogP contribution in [0.1, 0.15) is 25.3 Å². The van der Waals surface area contributed by atoms with Gasteiger partial charge >= 0.3 is 5.69 Å². The van der Waals surface area contributed by atoms with Crippen molar-refractivity contribution >= 4 is 22.6 Å². The van der Waals surface area contributed by atoms with Crippen molar-refractivity contribution in [1.29, 1.82) is 0 Å². The van der Waals surface area contributed by atoms with E-state index in [0.29, 0.717) is 16.7 Å². The second kappa shape index (κ2) is 7.59. The minimum atomic E-state index is -0.199. The molecule has 4 nitrogen and oxygen atoms in total. The van der Waals surface area contributed by atoms with E-state index in [9.17, 15) is 9.59 Å². The quantitative estimate of drug-likeness (QED) is 0.703. The molecule has 1 aromatic carbocycles. The molecular formula is C16H19IN2O2. The second-order valence-corrected chi connectivity index (χ2v) is 6.16. The summed E-state index contributed by atoms with van der Waals surface area (Å²) in [5.41, 5.74) is 0.849. The summed E-state index contributed by atoms with van der Waals surface area (Å²) < 4.78 is 3.59. The first-order chi connectivity index (χ1) is 10.1. The molecule has 112 valence electrons. The number of aromatic nitrogens is 2. The maximum atomic E-state index is 12.3. The molecule has 2 aromatic rings. The zero-order valence-electron chi connectivity index (χ0n) is 12.1. The van der Waals surface area contributed by atoms with Crippen LogP contribution in [0.25, 0.3) is 0 Å². The lowest BCUT2D eigenvalue weighted by atomic mass is 10.1. The normalized spacial score (nSPS) is 10.8. The molecule has 0 unspecified atom stereocenters. The summed E-state index contributed by atoms with van der Waals surface area (Å²) in [6.45, 7) is 3.13. The van der Waals surface area contributed by atoms with E-state index in [1.54, 1.807) is 10.8 Å². The van der Waals surface area contributed by atoms with Gasteiger partial charge in [0.25, 0.3) is 5.56 Å². The molecule has 0 saturated heterocycles. The van der Waals surface area contributed by atoms with E-state index in [4.69, 9.17) is 0 Å². The highest BCUT2D eigenvalue weighted by molar-refractivity contribution is 14.1. The van der Waals surface area contributed by atoms with Crippen LogP contribution in [0.15, 0.2) is 46.1 Å². The van der Waals surface area contributed by atoms with Crippen LogP contribution in [-0.2, 0) is 19.5 Å². The average Bonchev–Trinajstić information content (AvgIpc) is 2.49. The molecule has 1 aromatic heterocycles. The van der Waals surface area contributed by atoms with Crippen LogP contribution in [0.5, 0.6) is 0 Å². The predicted octanol–water partition coefficient (Wildman–Crippen LogP) is 2.66. The number of benzene rings is 1. The van der Waals surface area contributed by atoms with Gasteiger partial charge in [-0.05, 0) is 47.4 Å². The molecule has 5 heteroatoms. The first kappa shape index (κ1) is 16.0. The molecule has 0 amide bonds. The third-order valence-corrected chi connectivity index (χ3v) is 4.09. The van der Waals surface area contributed by atoms with Crippen LogP contribution in [0, 0.1) is 3.57 Å². The van der Waals surface area contributed by atoms with Crippen molar-refractivity contribution in [3.63, 3.8) is 0 Å². The summed E-state index contributed by atoms with van der Waals surface area (Å²) in [5.74, 6) is 0. The van der Waals surface area contributed by atoms with Crippen molar-refractivity contribution in [3.8, 4) is 0 Å². The molecule has 21 heavy (non-hydrogen) atoms. The fraction of sp³-hybridized carbons (Fsp3) is 0.375. The third kappa shape index (κ3) is 4.06. The van der Waals surface area contributed by atoms with Crippen molar-refractivity contribution in [1.82, 2.24) is 9.13 Å². The van der Waals surface area contributed by atoms with E-state index < -0.39 is 0 Å². The molecule has 0 aliphatic carbocycles. The molecule has 0 N–H and O–H groups in total. The topological polar surface area (TPSA) is 44.0 Å². The standard InChI is InChI=1S/C16H19IN2O2/c1-2-10-18-12-14(17)15(20)19(16(18)21)11-6-9-13-7-4-3-5-8-13/h3-5,7-8,12H,2,6,9-11H2,1H3. The lowest BCUT2D eigenvalue weighted by Crippen LogP contribution is -2.41. The Bertz CT molecular complexity index is 704. The molecule has 0 radical (unpaired) electrons. The van der Waals surface area contributed by atoms with Crippen molar-refractivity contribution in [2.75, 3.05) is 0 Å². The van der Waals surface area contributed by atoms with Gasteiger partial charge < -0.3 is 0 Å². The lowest BCUT2D eigenvalue weighted by molar-refractivity contribution is 0.526. The highest BCUT2D eigenvalue weighted by Crippen LogP contribution is 2.03. The van der Waals surface area contributed by atoms with Crippen LogP contribution in [-0.4, -0.2) is 9.13 Å². The van der Waals surface area contributed by atoms with E-state index in [1.165, 1.54) is 10.1 Å². The minimum absolute atomic E-state index is 0.180. The van der Waals surface area contributed by atoms with Gasteiger partial charge in [0, 0.05) is 19.3 Å². The summed E-state index contributed by atoms with van der Waals surface area (Å²) in [5, 5.41) is 0. The molecule has 0 spiro atoms. The second-order valence-electron chi connectivity index (χ2n) is 5.00. The molecule has 0 fully saturated rings. The Balaban J connectivity index is 2.16. The van der Waals surface area contributed by atoms with Gasteiger partial charge in [-0.2, -0.15) is 0 Å². The molecule has 0 aliphatic heterocycles. The van der Waals surface area contributed by atoms with Crippen molar-refractivity contribution in [2.45, 2.75) is 39.3 Å². The van der Waals surface area contributed by atoms with Gasteiger partial charge in [0.05, 0.1) is 3.57 Å². The van der Waals surface area contributed by atoms with Crippen LogP contribution in [0.4, 0.5) is 0 Å². The van der Waals surface area contributed by atoms with Crippen LogP contribution < -0.4 is 11.2 Å². The van der Waals surface area contributed by atoms with E-state index in [1.807, 2.05) is 47.7 Å². The average molecular weight is 398 g/mol. The van der Waals surface area contributed by atoms with Gasteiger partial charge in [-0.1, -0.05) is 37.3 Å². The SMILES string of the molecule is CCCn1cc(I)c(=O)n(CCCc2ccccc2)c1=O. The predicted molar refractivity (Wildman–Crippen MR) is 92.7 cm³/mol. The van der Waals surface area contributed by atoms with Crippen molar-refractivity contribution < 1.29 is 0 Å². The first-order valence-corrected chi connectivity index (χ1v) is 8.25. The summed E-state index contributed by atoms with van der Waals surface area (Å²) in [6.07, 6.45) is 4.18. The molecule has 1 heterocycles. The Morgan fingerprint density at radius 3 is 2.48 bits per heavy atom. The third-order valence-electron chi connectivity index (χ3n) is 3.35. The highest BCUT2D eigenvalue weighted by atomic mass is 127. The maximum absolute atomic E-state index is 12.3. The van der Waals surface area contributed by atoms with Crippen LogP contribution in [0.3, 0.4) is 0 Å². The van der Waals surface area contributed by atoms with E-state index in [2.05, 4.69) is 12.1 Å². The van der Waals surface area contributed by atoms with Crippen molar-refractivity contribution in [2.24, 2.45) is 0 Å². The fourth-order valence-electron chi connectivity index (χ4n) is 2.30. The fourth-order valence-corrected chi connectivity index (χ4v) is 2.93. The first-order valence-electron chi connectivity index (χ1n) is 7.17. The Labute approximate surface area is 137 Å². The molecular weight excluding hydrogens is 379 g/mol. The van der Waals surface area contributed by atoms with E-state index >= 15 is 0 Å². The monoisotopic (exact) mass is 398 g/mol. The largest absolute Gasteiger partial charge is 0.331 e. The number of rotatable bonds is 6.